The first-order valence-electron chi connectivity index (χ1n) is 8.79. The van der Waals surface area contributed by atoms with E-state index in [1.165, 1.54) is 0 Å². The van der Waals surface area contributed by atoms with Crippen molar-refractivity contribution in [2.75, 3.05) is 6.54 Å². The Balaban J connectivity index is 7.79. The molecule has 0 aromatic carbocycles. The van der Waals surface area contributed by atoms with Crippen molar-refractivity contribution >= 4 is 80.9 Å². The van der Waals surface area contributed by atoms with Crippen molar-refractivity contribution in [2.45, 2.75) is 31.5 Å². The van der Waals surface area contributed by atoms with Gasteiger partial charge >= 0.3 is 0 Å². The van der Waals surface area contributed by atoms with Gasteiger partial charge in [0, 0.05) is 6.54 Å². The predicted octanol–water partition coefficient (Wildman–Crippen LogP) is -6.46. The SMILES string of the molecule is O=S(=O)(O)C(N(CCC(O)N(C(S(=O)(=O)O)S(=O)(=O)O)C(S(=O)(=O)O)S(=O)(=O)O)C(S(=O)(=O)O)S(=O)(=O)O)S(=O)(=O)O. The van der Waals surface area contributed by atoms with Crippen LogP contribution in [0.4, 0.5) is 0 Å². The van der Waals surface area contributed by atoms with Gasteiger partial charge in [0.1, 0.15) is 6.23 Å². The number of aliphatic hydroxyl groups is 1. The van der Waals surface area contributed by atoms with Gasteiger partial charge in [0.2, 0.25) is 0 Å². The smallest absolute Gasteiger partial charge is 0.299 e. The summed E-state index contributed by atoms with van der Waals surface area (Å²) in [5.74, 6) is 0. The van der Waals surface area contributed by atoms with E-state index in [1.807, 2.05) is 0 Å². The van der Waals surface area contributed by atoms with Crippen LogP contribution in [0.3, 0.4) is 0 Å². The van der Waals surface area contributed by atoms with Crippen LogP contribution in [0.15, 0.2) is 0 Å². The fourth-order valence-corrected chi connectivity index (χ4v) is 13.1. The summed E-state index contributed by atoms with van der Waals surface area (Å²) in [6.07, 6.45) is -6.10. The van der Waals surface area contributed by atoms with Crippen LogP contribution in [0.5, 0.6) is 0 Å². The number of aliphatic hydroxyl groups excluding tert-OH is 1. The molecule has 0 aliphatic rings. The molecule has 35 heteroatoms. The van der Waals surface area contributed by atoms with Crippen molar-refractivity contribution in [1.82, 2.24) is 9.80 Å². The van der Waals surface area contributed by atoms with Crippen molar-refractivity contribution in [1.29, 1.82) is 0 Å². The fourth-order valence-electron chi connectivity index (χ4n) is 3.02. The third-order valence-corrected chi connectivity index (χ3v) is 16.0. The Labute approximate surface area is 236 Å². The molecule has 9 N–H and O–H groups in total. The van der Waals surface area contributed by atoms with E-state index in [1.54, 1.807) is 0 Å². The van der Waals surface area contributed by atoms with Crippen molar-refractivity contribution < 1.29 is 109 Å². The Morgan fingerprint density at radius 2 is 0.571 bits per heavy atom. The second-order valence-corrected chi connectivity index (χ2v) is 20.3. The first-order chi connectivity index (χ1) is 17.9. The third-order valence-electron chi connectivity index (χ3n) is 4.06. The minimum atomic E-state index is -6.68. The van der Waals surface area contributed by atoms with E-state index in [2.05, 4.69) is 0 Å². The predicted molar refractivity (Wildman–Crippen MR) is 127 cm³/mol. The van der Waals surface area contributed by atoms with Crippen LogP contribution < -0.4 is 0 Å². The molecule has 0 heterocycles. The average molecular weight is 787 g/mol. The molecule has 42 heavy (non-hydrogen) atoms. The molecule has 0 aliphatic carbocycles. The molecule has 0 bridgehead atoms. The Hall–Kier alpha value is -0.840. The van der Waals surface area contributed by atoms with Gasteiger partial charge in [-0.2, -0.15) is 67.3 Å². The van der Waals surface area contributed by atoms with Gasteiger partial charge < -0.3 is 5.11 Å². The Kier molecular flexibility index (Phi) is 12.3. The number of nitrogens with zero attached hydrogens (tertiary/aromatic N) is 2. The Morgan fingerprint density at radius 3 is 0.738 bits per heavy atom. The van der Waals surface area contributed by atoms with Gasteiger partial charge in [-0.3, -0.25) is 36.4 Å². The highest BCUT2D eigenvalue weighted by Gasteiger charge is 2.57. The van der Waals surface area contributed by atoms with Gasteiger partial charge in [-0.05, 0) is 6.42 Å². The molecule has 0 aromatic rings. The zero-order valence-electron chi connectivity index (χ0n) is 19.0. The zero-order chi connectivity index (χ0) is 34.5. The summed E-state index contributed by atoms with van der Waals surface area (Å²) in [5.41, 5.74) is 0. The minimum absolute atomic E-state index is 1.37. The lowest BCUT2D eigenvalue weighted by Crippen LogP contribution is -2.61. The van der Waals surface area contributed by atoms with E-state index in [0.29, 0.717) is 0 Å². The van der Waals surface area contributed by atoms with E-state index in [0.717, 1.165) is 0 Å². The van der Waals surface area contributed by atoms with Crippen LogP contribution >= 0.6 is 0 Å². The standard InChI is InChI=1S/C7H18N2O25S8/c10-3(9(6(39(23,24)25)40(26,27)28)7(41(29,30)31)42(32,33)34)1-2-8(4(35(11,12)13)36(14,15)16)5(37(17,18)19)38(20,21)22/h3-7,10H,1-2H2,(H,11,12,13)(H,14,15,16)(H,17,18,19)(H,20,21,22)(H,23,24,25)(H,26,27,28)(H,29,30,31)(H,32,33,34). The average Bonchev–Trinajstić information content (AvgIpc) is 2.55. The van der Waals surface area contributed by atoms with Crippen LogP contribution in [-0.4, -0.2) is 150 Å². The quantitative estimate of drug-likeness (QED) is 0.0519. The molecule has 27 nitrogen and oxygen atoms in total. The lowest BCUT2D eigenvalue weighted by Gasteiger charge is -2.36. The molecule has 0 aliphatic heterocycles. The van der Waals surface area contributed by atoms with E-state index >= 15 is 0 Å². The summed E-state index contributed by atoms with van der Waals surface area (Å²) in [5, 5.41) is 10.3. The molecule has 0 spiro atoms. The first kappa shape index (κ1) is 41.2. The maximum absolute atomic E-state index is 11.6. The monoisotopic (exact) mass is 786 g/mol. The summed E-state index contributed by atoms with van der Waals surface area (Å²) in [4.78, 5) is -3.00. The maximum atomic E-state index is 11.6. The highest BCUT2D eigenvalue weighted by atomic mass is 32.3. The minimum Gasteiger partial charge on any atom is -0.378 e. The molecule has 1 atom stereocenters. The van der Waals surface area contributed by atoms with Gasteiger partial charge in [0.05, 0.1) is 0 Å². The molecule has 0 saturated heterocycles. The van der Waals surface area contributed by atoms with Crippen LogP contribution in [0.2, 0.25) is 0 Å². The Bertz CT molecular complexity index is 1640. The van der Waals surface area contributed by atoms with E-state index in [-0.39, 0.29) is 0 Å². The summed E-state index contributed by atoms with van der Waals surface area (Å²) >= 11 is 0. The molecule has 254 valence electrons. The van der Waals surface area contributed by atoms with Crippen LogP contribution in [0, 0.1) is 0 Å². The molecule has 0 radical (unpaired) electrons. The molecule has 0 rings (SSSR count). The highest BCUT2D eigenvalue weighted by molar-refractivity contribution is 8.06. The molecular formula is C7H18N2O25S8. The summed E-state index contributed by atoms with van der Waals surface area (Å²) < 4.78 is 241. The summed E-state index contributed by atoms with van der Waals surface area (Å²) in [7, 11) is -53.0. The zero-order valence-corrected chi connectivity index (χ0v) is 25.6. The second-order valence-electron chi connectivity index (χ2n) is 7.30. The lowest BCUT2D eigenvalue weighted by atomic mass is 10.3. The Morgan fingerprint density at radius 1 is 0.381 bits per heavy atom. The molecule has 0 fully saturated rings. The third kappa shape index (κ3) is 11.0. The van der Waals surface area contributed by atoms with E-state index in [9.17, 15) is 72.4 Å². The molecule has 0 amide bonds. The number of rotatable bonds is 16. The van der Waals surface area contributed by atoms with Crippen LogP contribution in [0.25, 0.3) is 0 Å². The van der Waals surface area contributed by atoms with Crippen molar-refractivity contribution in [3.8, 4) is 0 Å². The normalized spacial score (nSPS) is 16.3. The maximum Gasteiger partial charge on any atom is 0.299 e. The molecule has 0 aromatic heterocycles. The van der Waals surface area contributed by atoms with Gasteiger partial charge in [-0.15, -0.1) is 0 Å². The van der Waals surface area contributed by atoms with Crippen LogP contribution in [0.1, 0.15) is 6.42 Å². The molecule has 1 unspecified atom stereocenters. The van der Waals surface area contributed by atoms with Crippen LogP contribution in [-0.2, 0) is 80.9 Å². The fraction of sp³-hybridized carbons (Fsp3) is 1.00. The van der Waals surface area contributed by atoms with Crippen molar-refractivity contribution in [2.24, 2.45) is 0 Å². The van der Waals surface area contributed by atoms with Crippen molar-refractivity contribution in [3.63, 3.8) is 0 Å². The summed E-state index contributed by atoms with van der Waals surface area (Å²) in [6.45, 7) is -2.40. The van der Waals surface area contributed by atoms with Gasteiger partial charge in [0.25, 0.3) is 99.8 Å². The number of hydrogen-bond donors (Lipinski definition) is 9. The largest absolute Gasteiger partial charge is 0.378 e. The first-order valence-corrected chi connectivity index (χ1v) is 20.8. The molecular weight excluding hydrogens is 769 g/mol. The highest BCUT2D eigenvalue weighted by Crippen LogP contribution is 2.28. The summed E-state index contributed by atoms with van der Waals surface area (Å²) in [6, 6.07) is 0. The number of hydrogen-bond acceptors (Lipinski definition) is 19. The van der Waals surface area contributed by atoms with E-state index < -0.39 is 129 Å². The van der Waals surface area contributed by atoms with Gasteiger partial charge in [-0.25, -0.2) is 9.80 Å². The lowest BCUT2D eigenvalue weighted by molar-refractivity contribution is -0.00488. The molecule has 0 saturated carbocycles. The van der Waals surface area contributed by atoms with Gasteiger partial charge in [0.15, 0.2) is 0 Å². The topological polar surface area (TPSA) is 462 Å². The van der Waals surface area contributed by atoms with Gasteiger partial charge in [-0.1, -0.05) is 0 Å². The second kappa shape index (κ2) is 12.5. The van der Waals surface area contributed by atoms with E-state index in [4.69, 9.17) is 36.4 Å². The van der Waals surface area contributed by atoms with Crippen molar-refractivity contribution in [3.05, 3.63) is 0 Å².